The van der Waals surface area contributed by atoms with E-state index in [1.807, 2.05) is 12.1 Å². The topological polar surface area (TPSA) is 41.6 Å². The zero-order valence-electron chi connectivity index (χ0n) is 8.19. The Morgan fingerprint density at radius 3 is 2.75 bits per heavy atom. The van der Waals surface area contributed by atoms with Gasteiger partial charge in [0.1, 0.15) is 0 Å². The van der Waals surface area contributed by atoms with Crippen LogP contribution >= 0.6 is 23.2 Å². The number of halogens is 2. The number of nitrogens with zero attached hydrogens (tertiary/aromatic N) is 3. The number of nitriles is 1. The van der Waals surface area contributed by atoms with Crippen molar-refractivity contribution in [3.8, 4) is 11.8 Å². The van der Waals surface area contributed by atoms with E-state index in [0.29, 0.717) is 16.5 Å². The van der Waals surface area contributed by atoms with Gasteiger partial charge in [0, 0.05) is 11.2 Å². The molecule has 0 fully saturated rings. The summed E-state index contributed by atoms with van der Waals surface area (Å²) in [5.41, 5.74) is 1.63. The molecule has 0 amide bonds. The highest BCUT2D eigenvalue weighted by atomic mass is 35.5. The minimum absolute atomic E-state index is 0.305. The minimum atomic E-state index is 0.305. The molecule has 3 nitrogen and oxygen atoms in total. The van der Waals surface area contributed by atoms with Crippen LogP contribution in [0.2, 0.25) is 10.0 Å². The Labute approximate surface area is 103 Å². The molecule has 0 bridgehead atoms. The van der Waals surface area contributed by atoms with Gasteiger partial charge in [0.15, 0.2) is 0 Å². The molecule has 0 N–H and O–H groups in total. The summed E-state index contributed by atoms with van der Waals surface area (Å²) in [6.45, 7) is 0. The van der Waals surface area contributed by atoms with Crippen LogP contribution in [0.3, 0.4) is 0 Å². The van der Waals surface area contributed by atoms with E-state index < -0.39 is 0 Å². The lowest BCUT2D eigenvalue weighted by Gasteiger charge is -2.04. The van der Waals surface area contributed by atoms with E-state index in [0.717, 1.165) is 11.3 Å². The molecule has 2 rings (SSSR count). The zero-order valence-corrected chi connectivity index (χ0v) is 9.70. The largest absolute Gasteiger partial charge is 0.239 e. The average molecular weight is 252 g/mol. The van der Waals surface area contributed by atoms with E-state index in [9.17, 15) is 0 Å². The normalized spacial score (nSPS) is 10.1. The molecule has 0 radical (unpaired) electrons. The summed E-state index contributed by atoms with van der Waals surface area (Å²) in [6.07, 6.45) is 3.55. The van der Waals surface area contributed by atoms with Crippen molar-refractivity contribution in [2.45, 2.75) is 6.42 Å². The molecule has 0 saturated heterocycles. The fourth-order valence-corrected chi connectivity index (χ4v) is 1.73. The molecule has 16 heavy (non-hydrogen) atoms. The second kappa shape index (κ2) is 4.56. The van der Waals surface area contributed by atoms with Crippen LogP contribution in [-0.2, 0) is 6.42 Å². The van der Waals surface area contributed by atoms with E-state index >= 15 is 0 Å². The second-order valence-corrected chi connectivity index (χ2v) is 4.06. The fourth-order valence-electron chi connectivity index (χ4n) is 1.35. The van der Waals surface area contributed by atoms with Crippen LogP contribution in [0, 0.1) is 11.3 Å². The molecule has 1 aromatic heterocycles. The van der Waals surface area contributed by atoms with E-state index in [4.69, 9.17) is 28.5 Å². The lowest BCUT2D eigenvalue weighted by atomic mass is 10.1. The lowest BCUT2D eigenvalue weighted by Crippen LogP contribution is -1.95. The SMILES string of the molecule is N#CCc1ccc(-n2cc(Cl)cn2)cc1Cl. The molecule has 1 heterocycles. The van der Waals surface area contributed by atoms with E-state index in [2.05, 4.69) is 11.2 Å². The first-order chi connectivity index (χ1) is 7.70. The fraction of sp³-hybridized carbons (Fsp3) is 0.0909. The van der Waals surface area contributed by atoms with Crippen molar-refractivity contribution in [1.82, 2.24) is 9.78 Å². The van der Waals surface area contributed by atoms with Gasteiger partial charge in [0.25, 0.3) is 0 Å². The zero-order chi connectivity index (χ0) is 11.5. The summed E-state index contributed by atoms with van der Waals surface area (Å²) in [5, 5.41) is 13.8. The van der Waals surface area contributed by atoms with Crippen LogP contribution < -0.4 is 0 Å². The summed E-state index contributed by atoms with van der Waals surface area (Å²) in [7, 11) is 0. The van der Waals surface area contributed by atoms with Gasteiger partial charge in [0.05, 0.1) is 29.4 Å². The molecule has 0 aliphatic rings. The van der Waals surface area contributed by atoms with Crippen molar-refractivity contribution in [3.05, 3.63) is 46.2 Å². The Hall–Kier alpha value is -1.50. The molecule has 0 spiro atoms. The number of hydrogen-bond donors (Lipinski definition) is 0. The summed E-state index contributed by atoms with van der Waals surface area (Å²) >= 11 is 11.8. The molecule has 2 aromatic rings. The molecular weight excluding hydrogens is 245 g/mol. The Balaban J connectivity index is 2.38. The van der Waals surface area contributed by atoms with Gasteiger partial charge in [-0.1, -0.05) is 29.3 Å². The van der Waals surface area contributed by atoms with Crippen molar-refractivity contribution < 1.29 is 0 Å². The third kappa shape index (κ3) is 2.19. The second-order valence-electron chi connectivity index (χ2n) is 3.21. The van der Waals surface area contributed by atoms with Gasteiger partial charge in [-0.05, 0) is 17.7 Å². The summed E-state index contributed by atoms with van der Waals surface area (Å²) in [4.78, 5) is 0. The predicted octanol–water partition coefficient (Wildman–Crippen LogP) is 3.25. The summed E-state index contributed by atoms with van der Waals surface area (Å²) in [5.74, 6) is 0. The number of hydrogen-bond acceptors (Lipinski definition) is 2. The quantitative estimate of drug-likeness (QED) is 0.823. The Morgan fingerprint density at radius 1 is 1.38 bits per heavy atom. The summed E-state index contributed by atoms with van der Waals surface area (Å²) in [6, 6.07) is 7.49. The van der Waals surface area contributed by atoms with E-state index in [-0.39, 0.29) is 0 Å². The molecular formula is C11H7Cl2N3. The molecule has 1 aromatic carbocycles. The lowest BCUT2D eigenvalue weighted by molar-refractivity contribution is 0.880. The van der Waals surface area contributed by atoms with Crippen LogP contribution in [0.5, 0.6) is 0 Å². The number of benzene rings is 1. The van der Waals surface area contributed by atoms with E-state index in [1.54, 1.807) is 23.1 Å². The van der Waals surface area contributed by atoms with Crippen LogP contribution in [0.15, 0.2) is 30.6 Å². The molecule has 0 aliphatic carbocycles. The van der Waals surface area contributed by atoms with Crippen LogP contribution in [0.4, 0.5) is 0 Å². The third-order valence-electron chi connectivity index (χ3n) is 2.12. The predicted molar refractivity (Wildman–Crippen MR) is 62.9 cm³/mol. The van der Waals surface area contributed by atoms with Crippen molar-refractivity contribution in [1.29, 1.82) is 5.26 Å². The molecule has 5 heteroatoms. The number of rotatable bonds is 2. The van der Waals surface area contributed by atoms with Gasteiger partial charge in [-0.15, -0.1) is 0 Å². The highest BCUT2D eigenvalue weighted by Crippen LogP contribution is 2.21. The number of aromatic nitrogens is 2. The standard InChI is InChI=1S/C11H7Cl2N3/c12-9-6-15-16(7-9)10-2-1-8(3-4-14)11(13)5-10/h1-2,5-7H,3H2. The van der Waals surface area contributed by atoms with Crippen LogP contribution in [-0.4, -0.2) is 9.78 Å². The first-order valence-electron chi connectivity index (χ1n) is 4.56. The highest BCUT2D eigenvalue weighted by molar-refractivity contribution is 6.31. The Kier molecular flexibility index (Phi) is 3.14. The van der Waals surface area contributed by atoms with E-state index in [1.165, 1.54) is 0 Å². The molecule has 0 saturated carbocycles. The van der Waals surface area contributed by atoms with Crippen molar-refractivity contribution in [3.63, 3.8) is 0 Å². The van der Waals surface area contributed by atoms with Gasteiger partial charge in [0.2, 0.25) is 0 Å². The van der Waals surface area contributed by atoms with Gasteiger partial charge >= 0.3 is 0 Å². The van der Waals surface area contributed by atoms with Crippen LogP contribution in [0.25, 0.3) is 5.69 Å². The van der Waals surface area contributed by atoms with Gasteiger partial charge < -0.3 is 0 Å². The third-order valence-corrected chi connectivity index (χ3v) is 2.67. The van der Waals surface area contributed by atoms with Crippen molar-refractivity contribution in [2.75, 3.05) is 0 Å². The van der Waals surface area contributed by atoms with Crippen molar-refractivity contribution >= 4 is 23.2 Å². The first kappa shape index (κ1) is 11.0. The maximum atomic E-state index is 8.59. The summed E-state index contributed by atoms with van der Waals surface area (Å²) < 4.78 is 1.63. The maximum Gasteiger partial charge on any atom is 0.0790 e. The Bertz CT molecular complexity index is 555. The van der Waals surface area contributed by atoms with Gasteiger partial charge in [-0.25, -0.2) is 4.68 Å². The highest BCUT2D eigenvalue weighted by Gasteiger charge is 2.04. The van der Waals surface area contributed by atoms with Gasteiger partial charge in [-0.2, -0.15) is 10.4 Å². The maximum absolute atomic E-state index is 8.59. The minimum Gasteiger partial charge on any atom is -0.239 e. The first-order valence-corrected chi connectivity index (χ1v) is 5.32. The van der Waals surface area contributed by atoms with Gasteiger partial charge in [-0.3, -0.25) is 0 Å². The average Bonchev–Trinajstić information content (AvgIpc) is 2.68. The monoisotopic (exact) mass is 251 g/mol. The molecule has 80 valence electrons. The van der Waals surface area contributed by atoms with Crippen LogP contribution in [0.1, 0.15) is 5.56 Å². The molecule has 0 aliphatic heterocycles. The molecule has 0 unspecified atom stereocenters. The molecule has 0 atom stereocenters. The van der Waals surface area contributed by atoms with Crippen molar-refractivity contribution in [2.24, 2.45) is 0 Å². The Morgan fingerprint density at radius 2 is 2.19 bits per heavy atom. The smallest absolute Gasteiger partial charge is 0.0790 e.